The monoisotopic (exact) mass is 343 g/mol. The van der Waals surface area contributed by atoms with Gasteiger partial charge in [-0.1, -0.05) is 0 Å². The van der Waals surface area contributed by atoms with Crippen LogP contribution in [-0.4, -0.2) is 42.4 Å². The van der Waals surface area contributed by atoms with E-state index in [-0.39, 0.29) is 24.6 Å². The average molecular weight is 343 g/mol. The van der Waals surface area contributed by atoms with Crippen LogP contribution in [-0.2, 0) is 17.9 Å². The van der Waals surface area contributed by atoms with Crippen LogP contribution in [0.15, 0.2) is 23.3 Å². The van der Waals surface area contributed by atoms with Crippen LogP contribution in [0.1, 0.15) is 17.1 Å². The molecule has 3 aromatic rings. The summed E-state index contributed by atoms with van der Waals surface area (Å²) >= 11 is 0. The maximum Gasteiger partial charge on any atom is 0.256 e. The highest BCUT2D eigenvalue weighted by atomic mass is 16.5. The molecule has 0 aromatic carbocycles. The van der Waals surface area contributed by atoms with Crippen molar-refractivity contribution in [3.8, 4) is 5.88 Å². The number of nitrogens with one attached hydrogen (secondary N) is 1. The van der Waals surface area contributed by atoms with Crippen LogP contribution in [0, 0.1) is 13.8 Å². The minimum atomic E-state index is -0.341. The highest BCUT2D eigenvalue weighted by molar-refractivity contribution is 5.75. The highest BCUT2D eigenvalue weighted by Gasteiger charge is 2.11. The third-order valence-electron chi connectivity index (χ3n) is 3.78. The van der Waals surface area contributed by atoms with Gasteiger partial charge in [0.1, 0.15) is 6.54 Å². The Bertz CT molecular complexity index is 992. The number of hydrogen-bond acceptors (Lipinski definition) is 7. The lowest BCUT2D eigenvalue weighted by molar-refractivity contribution is -0.121. The SMILES string of the molecule is COc1ccc2nnc(CNC(=O)Cn3cnc(C)c(C)c3=O)n2n1. The molecule has 3 heterocycles. The summed E-state index contributed by atoms with van der Waals surface area (Å²) in [5.74, 6) is 0.521. The second-order valence-corrected chi connectivity index (χ2v) is 5.43. The first-order valence-corrected chi connectivity index (χ1v) is 7.54. The molecule has 25 heavy (non-hydrogen) atoms. The van der Waals surface area contributed by atoms with E-state index >= 15 is 0 Å². The smallest absolute Gasteiger partial charge is 0.256 e. The maximum absolute atomic E-state index is 12.1. The molecule has 0 saturated carbocycles. The topological polar surface area (TPSA) is 116 Å². The third kappa shape index (κ3) is 3.32. The fraction of sp³-hybridized carbons (Fsp3) is 0.333. The molecule has 0 atom stereocenters. The highest BCUT2D eigenvalue weighted by Crippen LogP contribution is 2.08. The van der Waals surface area contributed by atoms with Gasteiger partial charge in [0, 0.05) is 17.3 Å². The van der Waals surface area contributed by atoms with Gasteiger partial charge >= 0.3 is 0 Å². The zero-order chi connectivity index (χ0) is 18.0. The molecule has 3 rings (SSSR count). The number of amides is 1. The van der Waals surface area contributed by atoms with E-state index in [2.05, 4.69) is 25.6 Å². The lowest BCUT2D eigenvalue weighted by atomic mass is 10.3. The fourth-order valence-corrected chi connectivity index (χ4v) is 2.21. The zero-order valence-electron chi connectivity index (χ0n) is 14.1. The Morgan fingerprint density at radius 3 is 2.84 bits per heavy atom. The maximum atomic E-state index is 12.1. The van der Waals surface area contributed by atoms with Crippen LogP contribution in [0.5, 0.6) is 5.88 Å². The summed E-state index contributed by atoms with van der Waals surface area (Å²) < 4.78 is 7.82. The molecule has 0 unspecified atom stereocenters. The van der Waals surface area contributed by atoms with Crippen molar-refractivity contribution in [1.29, 1.82) is 0 Å². The van der Waals surface area contributed by atoms with Gasteiger partial charge < -0.3 is 10.1 Å². The van der Waals surface area contributed by atoms with Crippen LogP contribution in [0.3, 0.4) is 0 Å². The number of carbonyl (C=O) groups excluding carboxylic acids is 1. The molecule has 0 radical (unpaired) electrons. The molecule has 3 aromatic heterocycles. The van der Waals surface area contributed by atoms with Crippen LogP contribution in [0.4, 0.5) is 0 Å². The van der Waals surface area contributed by atoms with Crippen molar-refractivity contribution in [1.82, 2.24) is 34.7 Å². The number of aromatic nitrogens is 6. The third-order valence-corrected chi connectivity index (χ3v) is 3.78. The van der Waals surface area contributed by atoms with E-state index in [4.69, 9.17) is 4.74 Å². The van der Waals surface area contributed by atoms with Gasteiger partial charge in [-0.15, -0.1) is 15.3 Å². The second-order valence-electron chi connectivity index (χ2n) is 5.43. The predicted molar refractivity (Wildman–Crippen MR) is 87.2 cm³/mol. The number of hydrogen-bond donors (Lipinski definition) is 1. The van der Waals surface area contributed by atoms with E-state index in [0.29, 0.717) is 28.6 Å². The van der Waals surface area contributed by atoms with Crippen molar-refractivity contribution in [2.45, 2.75) is 26.9 Å². The quantitative estimate of drug-likeness (QED) is 0.671. The van der Waals surface area contributed by atoms with Crippen LogP contribution >= 0.6 is 0 Å². The summed E-state index contributed by atoms with van der Waals surface area (Å²) in [5.41, 5.74) is 1.48. The molecule has 0 aliphatic carbocycles. The van der Waals surface area contributed by atoms with Gasteiger partial charge in [-0.25, -0.2) is 4.98 Å². The largest absolute Gasteiger partial charge is 0.480 e. The minimum Gasteiger partial charge on any atom is -0.480 e. The molecule has 130 valence electrons. The van der Waals surface area contributed by atoms with Crippen LogP contribution in [0.2, 0.25) is 0 Å². The van der Waals surface area contributed by atoms with Gasteiger partial charge in [-0.2, -0.15) is 4.52 Å². The standard InChI is InChI=1S/C15H17N7O3/c1-9-10(2)17-8-21(15(9)24)7-13(23)16-6-12-19-18-11-4-5-14(25-3)20-22(11)12/h4-5,8H,6-7H2,1-3H3,(H,16,23). The van der Waals surface area contributed by atoms with Crippen molar-refractivity contribution < 1.29 is 9.53 Å². The summed E-state index contributed by atoms with van der Waals surface area (Å²) in [5, 5.41) is 14.9. The van der Waals surface area contributed by atoms with E-state index in [1.54, 1.807) is 26.0 Å². The molecule has 0 saturated heterocycles. The van der Waals surface area contributed by atoms with Crippen molar-refractivity contribution in [3.63, 3.8) is 0 Å². The van der Waals surface area contributed by atoms with Gasteiger partial charge in [0.05, 0.1) is 20.0 Å². The molecular weight excluding hydrogens is 326 g/mol. The van der Waals surface area contributed by atoms with E-state index < -0.39 is 0 Å². The molecule has 1 N–H and O–H groups in total. The average Bonchev–Trinajstić information content (AvgIpc) is 3.02. The number of aryl methyl sites for hydroxylation is 1. The van der Waals surface area contributed by atoms with Gasteiger partial charge in [0.25, 0.3) is 5.56 Å². The van der Waals surface area contributed by atoms with Crippen molar-refractivity contribution in [2.24, 2.45) is 0 Å². The molecular formula is C15H17N7O3. The predicted octanol–water partition coefficient (Wildman–Crippen LogP) is -0.377. The Hall–Kier alpha value is -3.30. The first kappa shape index (κ1) is 16.6. The lowest BCUT2D eigenvalue weighted by Gasteiger charge is -2.08. The van der Waals surface area contributed by atoms with E-state index in [0.717, 1.165) is 0 Å². The van der Waals surface area contributed by atoms with E-state index in [9.17, 15) is 9.59 Å². The summed E-state index contributed by atoms with van der Waals surface area (Å²) in [7, 11) is 1.51. The zero-order valence-corrected chi connectivity index (χ0v) is 14.1. The summed E-state index contributed by atoms with van der Waals surface area (Å²) in [6, 6.07) is 3.38. The molecule has 0 fully saturated rings. The Morgan fingerprint density at radius 1 is 1.28 bits per heavy atom. The summed E-state index contributed by atoms with van der Waals surface area (Å²) in [6.45, 7) is 3.42. The second kappa shape index (κ2) is 6.67. The van der Waals surface area contributed by atoms with Gasteiger partial charge in [-0.05, 0) is 19.9 Å². The fourth-order valence-electron chi connectivity index (χ4n) is 2.21. The first-order chi connectivity index (χ1) is 12.0. The van der Waals surface area contributed by atoms with Crippen molar-refractivity contribution in [2.75, 3.05) is 7.11 Å². The number of ether oxygens (including phenoxy) is 1. The molecule has 0 aliphatic heterocycles. The lowest BCUT2D eigenvalue weighted by Crippen LogP contribution is -2.33. The molecule has 10 heteroatoms. The van der Waals surface area contributed by atoms with Crippen molar-refractivity contribution in [3.05, 3.63) is 45.9 Å². The Kier molecular flexibility index (Phi) is 4.42. The molecule has 1 amide bonds. The van der Waals surface area contributed by atoms with Gasteiger partial charge in [0.15, 0.2) is 11.5 Å². The molecule has 0 bridgehead atoms. The van der Waals surface area contributed by atoms with Gasteiger partial charge in [-0.3, -0.25) is 14.2 Å². The molecule has 0 aliphatic rings. The Morgan fingerprint density at radius 2 is 2.08 bits per heavy atom. The Balaban J connectivity index is 1.71. The Labute approximate surface area is 142 Å². The van der Waals surface area contributed by atoms with Crippen LogP contribution in [0.25, 0.3) is 5.65 Å². The van der Waals surface area contributed by atoms with Crippen molar-refractivity contribution >= 4 is 11.6 Å². The molecule has 10 nitrogen and oxygen atoms in total. The summed E-state index contributed by atoms with van der Waals surface area (Å²) in [6.07, 6.45) is 1.36. The van der Waals surface area contributed by atoms with E-state index in [1.807, 2.05) is 0 Å². The summed E-state index contributed by atoms with van der Waals surface area (Å²) in [4.78, 5) is 28.3. The molecule has 0 spiro atoms. The normalized spacial score (nSPS) is 10.8. The number of fused-ring (bicyclic) bond motifs is 1. The van der Waals surface area contributed by atoms with Crippen LogP contribution < -0.4 is 15.6 Å². The number of nitrogens with zero attached hydrogens (tertiary/aromatic N) is 6. The van der Waals surface area contributed by atoms with Gasteiger partial charge in [0.2, 0.25) is 11.8 Å². The number of methoxy groups -OCH3 is 1. The number of carbonyl (C=O) groups is 1. The van der Waals surface area contributed by atoms with E-state index in [1.165, 1.54) is 22.5 Å². The number of rotatable bonds is 5. The minimum absolute atomic E-state index is 0.118. The first-order valence-electron chi connectivity index (χ1n) is 7.54.